The molecule has 0 heterocycles. The highest BCUT2D eigenvalue weighted by atomic mass is 16.6. The van der Waals surface area contributed by atoms with Gasteiger partial charge in [0.15, 0.2) is 0 Å². The Balaban J connectivity index is 2.52. The number of benzene rings is 1. The van der Waals surface area contributed by atoms with Gasteiger partial charge in [0.1, 0.15) is 5.75 Å². The second kappa shape index (κ2) is 6.12. The largest absolute Gasteiger partial charge is 0.412 e. The van der Waals surface area contributed by atoms with E-state index in [0.29, 0.717) is 12.3 Å². The molecule has 0 atom stereocenters. The van der Waals surface area contributed by atoms with Gasteiger partial charge in [-0.2, -0.15) is 0 Å². The standard InChI is InChI=1S/C12H18N2O2/c1-9-4-5-10(2)11(8-9)16-12(15)14-7-6-13-3/h4-5,8,13H,6-7H2,1-3H3,(H,14,15). The van der Waals surface area contributed by atoms with Crippen LogP contribution in [0.25, 0.3) is 0 Å². The summed E-state index contributed by atoms with van der Waals surface area (Å²) >= 11 is 0. The van der Waals surface area contributed by atoms with E-state index in [0.717, 1.165) is 17.7 Å². The van der Waals surface area contributed by atoms with Gasteiger partial charge in [-0.25, -0.2) is 4.79 Å². The van der Waals surface area contributed by atoms with Gasteiger partial charge in [-0.1, -0.05) is 12.1 Å². The molecule has 0 bridgehead atoms. The first kappa shape index (κ1) is 12.5. The fourth-order valence-corrected chi connectivity index (χ4v) is 1.24. The molecule has 0 radical (unpaired) electrons. The molecule has 0 unspecified atom stereocenters. The van der Waals surface area contributed by atoms with Crippen molar-refractivity contribution >= 4 is 6.09 Å². The van der Waals surface area contributed by atoms with E-state index in [1.165, 1.54) is 0 Å². The number of aryl methyl sites for hydroxylation is 2. The fourth-order valence-electron chi connectivity index (χ4n) is 1.24. The van der Waals surface area contributed by atoms with E-state index in [2.05, 4.69) is 10.6 Å². The Morgan fingerprint density at radius 2 is 2.06 bits per heavy atom. The molecule has 0 spiro atoms. The van der Waals surface area contributed by atoms with Gasteiger partial charge in [0.05, 0.1) is 0 Å². The molecule has 0 saturated carbocycles. The van der Waals surface area contributed by atoms with Crippen LogP contribution >= 0.6 is 0 Å². The maximum Gasteiger partial charge on any atom is 0.412 e. The molecule has 2 N–H and O–H groups in total. The van der Waals surface area contributed by atoms with Crippen LogP contribution in [0.5, 0.6) is 5.75 Å². The highest BCUT2D eigenvalue weighted by molar-refractivity contribution is 5.70. The first-order valence-electron chi connectivity index (χ1n) is 5.31. The van der Waals surface area contributed by atoms with Crippen LogP contribution in [0, 0.1) is 13.8 Å². The molecular weight excluding hydrogens is 204 g/mol. The van der Waals surface area contributed by atoms with E-state index in [1.807, 2.05) is 39.1 Å². The summed E-state index contributed by atoms with van der Waals surface area (Å²) in [7, 11) is 1.83. The third-order valence-corrected chi connectivity index (χ3v) is 2.19. The molecule has 1 aromatic carbocycles. The van der Waals surface area contributed by atoms with Crippen molar-refractivity contribution in [1.29, 1.82) is 0 Å². The Kier molecular flexibility index (Phi) is 4.79. The molecule has 0 aliphatic carbocycles. The maximum atomic E-state index is 11.4. The van der Waals surface area contributed by atoms with E-state index >= 15 is 0 Å². The van der Waals surface area contributed by atoms with Gasteiger partial charge in [0.25, 0.3) is 0 Å². The lowest BCUT2D eigenvalue weighted by molar-refractivity contribution is 0.200. The first-order chi connectivity index (χ1) is 7.63. The van der Waals surface area contributed by atoms with Gasteiger partial charge in [-0.3, -0.25) is 0 Å². The van der Waals surface area contributed by atoms with E-state index in [1.54, 1.807) is 0 Å². The molecule has 1 amide bonds. The van der Waals surface area contributed by atoms with Crippen LogP contribution < -0.4 is 15.4 Å². The summed E-state index contributed by atoms with van der Waals surface area (Å²) in [6.45, 7) is 5.16. The number of likely N-dealkylation sites (N-methyl/N-ethyl adjacent to an activating group) is 1. The lowest BCUT2D eigenvalue weighted by atomic mass is 10.1. The van der Waals surface area contributed by atoms with Crippen LogP contribution in [-0.4, -0.2) is 26.2 Å². The zero-order chi connectivity index (χ0) is 12.0. The highest BCUT2D eigenvalue weighted by Crippen LogP contribution is 2.18. The van der Waals surface area contributed by atoms with E-state index in [-0.39, 0.29) is 0 Å². The van der Waals surface area contributed by atoms with E-state index < -0.39 is 6.09 Å². The third-order valence-electron chi connectivity index (χ3n) is 2.19. The molecule has 0 saturated heterocycles. The van der Waals surface area contributed by atoms with Crippen LogP contribution in [0.4, 0.5) is 4.79 Å². The van der Waals surface area contributed by atoms with Crippen LogP contribution in [-0.2, 0) is 0 Å². The monoisotopic (exact) mass is 222 g/mol. The summed E-state index contributed by atoms with van der Waals surface area (Å²) in [5.74, 6) is 0.613. The first-order valence-corrected chi connectivity index (χ1v) is 5.31. The van der Waals surface area contributed by atoms with Crippen molar-refractivity contribution in [3.63, 3.8) is 0 Å². The molecule has 1 rings (SSSR count). The zero-order valence-corrected chi connectivity index (χ0v) is 9.96. The average Bonchev–Trinajstić information content (AvgIpc) is 2.24. The quantitative estimate of drug-likeness (QED) is 0.761. The normalized spacial score (nSPS) is 9.94. The molecule has 16 heavy (non-hydrogen) atoms. The number of hydrogen-bond acceptors (Lipinski definition) is 3. The summed E-state index contributed by atoms with van der Waals surface area (Å²) in [6, 6.07) is 5.78. The Bertz CT molecular complexity index is 364. The van der Waals surface area contributed by atoms with Gasteiger partial charge in [0.2, 0.25) is 0 Å². The van der Waals surface area contributed by atoms with Crippen molar-refractivity contribution in [3.8, 4) is 5.75 Å². The lowest BCUT2D eigenvalue weighted by Crippen LogP contribution is -2.32. The molecule has 0 fully saturated rings. The van der Waals surface area contributed by atoms with Crippen LogP contribution in [0.3, 0.4) is 0 Å². The number of hydrogen-bond donors (Lipinski definition) is 2. The van der Waals surface area contributed by atoms with Gasteiger partial charge >= 0.3 is 6.09 Å². The molecule has 1 aromatic rings. The van der Waals surface area contributed by atoms with Gasteiger partial charge in [-0.05, 0) is 38.1 Å². The number of nitrogens with one attached hydrogen (secondary N) is 2. The predicted octanol–water partition coefficient (Wildman–Crippen LogP) is 1.61. The van der Waals surface area contributed by atoms with E-state index in [9.17, 15) is 4.79 Å². The molecule has 4 nitrogen and oxygen atoms in total. The Hall–Kier alpha value is -1.55. The predicted molar refractivity (Wildman–Crippen MR) is 63.9 cm³/mol. The molecule has 4 heteroatoms. The molecule has 0 aliphatic rings. The number of carbonyl (C=O) groups is 1. The summed E-state index contributed by atoms with van der Waals surface area (Å²) < 4.78 is 5.19. The summed E-state index contributed by atoms with van der Waals surface area (Å²) in [6.07, 6.45) is -0.413. The van der Waals surface area contributed by atoms with Crippen LogP contribution in [0.15, 0.2) is 18.2 Å². The lowest BCUT2D eigenvalue weighted by Gasteiger charge is -2.09. The van der Waals surface area contributed by atoms with Crippen molar-refractivity contribution in [2.45, 2.75) is 13.8 Å². The minimum atomic E-state index is -0.413. The number of carbonyl (C=O) groups excluding carboxylic acids is 1. The topological polar surface area (TPSA) is 50.4 Å². The van der Waals surface area contributed by atoms with Crippen molar-refractivity contribution in [2.24, 2.45) is 0 Å². The second-order valence-electron chi connectivity index (χ2n) is 3.69. The Labute approximate surface area is 96.0 Å². The van der Waals surface area contributed by atoms with Gasteiger partial charge in [-0.15, -0.1) is 0 Å². The van der Waals surface area contributed by atoms with E-state index in [4.69, 9.17) is 4.74 Å². The minimum Gasteiger partial charge on any atom is -0.410 e. The highest BCUT2D eigenvalue weighted by Gasteiger charge is 2.05. The average molecular weight is 222 g/mol. The zero-order valence-electron chi connectivity index (χ0n) is 9.96. The fraction of sp³-hybridized carbons (Fsp3) is 0.417. The summed E-state index contributed by atoms with van der Waals surface area (Å²) in [5, 5.41) is 5.59. The SMILES string of the molecule is CNCCNC(=O)Oc1cc(C)ccc1C. The van der Waals surface area contributed by atoms with Crippen LogP contribution in [0.1, 0.15) is 11.1 Å². The minimum absolute atomic E-state index is 0.413. The smallest absolute Gasteiger partial charge is 0.410 e. The molecule has 88 valence electrons. The summed E-state index contributed by atoms with van der Waals surface area (Å²) in [5.41, 5.74) is 2.03. The Morgan fingerprint density at radius 3 is 2.75 bits per heavy atom. The van der Waals surface area contributed by atoms with Gasteiger partial charge < -0.3 is 15.4 Å². The van der Waals surface area contributed by atoms with Crippen molar-refractivity contribution in [1.82, 2.24) is 10.6 Å². The van der Waals surface area contributed by atoms with Gasteiger partial charge in [0, 0.05) is 13.1 Å². The van der Waals surface area contributed by atoms with Crippen LogP contribution in [0.2, 0.25) is 0 Å². The number of rotatable bonds is 4. The molecule has 0 aliphatic heterocycles. The maximum absolute atomic E-state index is 11.4. The third kappa shape index (κ3) is 3.90. The second-order valence-corrected chi connectivity index (χ2v) is 3.69. The van der Waals surface area contributed by atoms with Crippen molar-refractivity contribution in [2.75, 3.05) is 20.1 Å². The Morgan fingerprint density at radius 1 is 1.31 bits per heavy atom. The number of ether oxygens (including phenoxy) is 1. The summed E-state index contributed by atoms with van der Waals surface area (Å²) in [4.78, 5) is 11.4. The van der Waals surface area contributed by atoms with Crippen molar-refractivity contribution in [3.05, 3.63) is 29.3 Å². The van der Waals surface area contributed by atoms with Crippen molar-refractivity contribution < 1.29 is 9.53 Å². The molecule has 0 aromatic heterocycles. The molecular formula is C12H18N2O2. The number of amides is 1.